The van der Waals surface area contributed by atoms with Crippen LogP contribution in [0, 0.1) is 12.8 Å². The number of likely N-dealkylation sites (N-methyl/N-ethyl adjacent to an activating group) is 1. The van der Waals surface area contributed by atoms with Gasteiger partial charge in [-0.1, -0.05) is 13.0 Å². The van der Waals surface area contributed by atoms with Gasteiger partial charge in [-0.05, 0) is 56.3 Å². The number of anilines is 1. The van der Waals surface area contributed by atoms with Crippen molar-refractivity contribution in [3.63, 3.8) is 0 Å². The van der Waals surface area contributed by atoms with Crippen molar-refractivity contribution >= 4 is 17.7 Å². The summed E-state index contributed by atoms with van der Waals surface area (Å²) in [6, 6.07) is 6.70. The smallest absolute Gasteiger partial charge is 0.328 e. The summed E-state index contributed by atoms with van der Waals surface area (Å²) in [5, 5.41) is 8.68. The predicted octanol–water partition coefficient (Wildman–Crippen LogP) is 2.48. The Bertz CT molecular complexity index is 552. The predicted molar refractivity (Wildman–Crippen MR) is 86.7 cm³/mol. The lowest BCUT2D eigenvalue weighted by molar-refractivity contribution is -0.131. The first-order valence-corrected chi connectivity index (χ1v) is 7.31. The number of hydrogen-bond acceptors (Lipinski definition) is 3. The average molecular weight is 288 g/mol. The number of aryl methyl sites for hydroxylation is 1. The molecule has 0 radical (unpaired) electrons. The van der Waals surface area contributed by atoms with Gasteiger partial charge in [0.05, 0.1) is 0 Å². The Hall–Kier alpha value is -1.81. The van der Waals surface area contributed by atoms with Crippen LogP contribution in [0.3, 0.4) is 0 Å². The van der Waals surface area contributed by atoms with E-state index in [0.29, 0.717) is 12.0 Å². The molecule has 1 fully saturated rings. The van der Waals surface area contributed by atoms with Crippen LogP contribution in [0.1, 0.15) is 18.1 Å². The van der Waals surface area contributed by atoms with Gasteiger partial charge < -0.3 is 14.9 Å². The minimum Gasteiger partial charge on any atom is -0.478 e. The topological polar surface area (TPSA) is 43.8 Å². The van der Waals surface area contributed by atoms with Crippen LogP contribution in [0.4, 0.5) is 5.69 Å². The second kappa shape index (κ2) is 6.31. The highest BCUT2D eigenvalue weighted by molar-refractivity contribution is 5.85. The van der Waals surface area contributed by atoms with Gasteiger partial charge in [-0.25, -0.2) is 4.79 Å². The fraction of sp³-hybridized carbons (Fsp3) is 0.471. The number of rotatable bonds is 4. The van der Waals surface area contributed by atoms with Crippen molar-refractivity contribution in [3.05, 3.63) is 35.4 Å². The summed E-state index contributed by atoms with van der Waals surface area (Å²) in [4.78, 5) is 15.3. The molecule has 1 saturated heterocycles. The van der Waals surface area contributed by atoms with Gasteiger partial charge in [-0.3, -0.25) is 0 Å². The fourth-order valence-corrected chi connectivity index (χ4v) is 3.12. The number of nitrogens with zero attached hydrogens (tertiary/aromatic N) is 2. The van der Waals surface area contributed by atoms with E-state index >= 15 is 0 Å². The molecule has 1 aromatic rings. The van der Waals surface area contributed by atoms with E-state index in [1.807, 2.05) is 12.1 Å². The highest BCUT2D eigenvalue weighted by atomic mass is 16.4. The molecule has 1 aliphatic heterocycles. The molecule has 21 heavy (non-hydrogen) atoms. The third kappa shape index (κ3) is 3.64. The van der Waals surface area contributed by atoms with Crippen molar-refractivity contribution in [2.45, 2.75) is 19.9 Å². The van der Waals surface area contributed by atoms with Gasteiger partial charge in [0.15, 0.2) is 0 Å². The van der Waals surface area contributed by atoms with E-state index in [1.165, 1.54) is 17.3 Å². The zero-order valence-corrected chi connectivity index (χ0v) is 13.2. The van der Waals surface area contributed by atoms with Crippen LogP contribution in [-0.2, 0) is 4.79 Å². The molecule has 0 saturated carbocycles. The lowest BCUT2D eigenvalue weighted by Gasteiger charge is -2.24. The SMILES string of the molecule is Cc1cc(/C=C/C(=O)O)ccc1N1CC(C)C(N(C)C)C1. The summed E-state index contributed by atoms with van der Waals surface area (Å²) in [7, 11) is 4.27. The summed E-state index contributed by atoms with van der Waals surface area (Å²) in [5.41, 5.74) is 3.36. The molecule has 1 N–H and O–H groups in total. The first kappa shape index (κ1) is 15.6. The molecule has 0 spiro atoms. The second-order valence-electron chi connectivity index (χ2n) is 6.13. The number of hydrogen-bond donors (Lipinski definition) is 1. The van der Waals surface area contributed by atoms with Crippen LogP contribution in [0.25, 0.3) is 6.08 Å². The third-order valence-electron chi connectivity index (χ3n) is 4.22. The molecule has 1 aliphatic rings. The first-order chi connectivity index (χ1) is 9.88. The highest BCUT2D eigenvalue weighted by Crippen LogP contribution is 2.29. The van der Waals surface area contributed by atoms with Crippen molar-refractivity contribution in [1.82, 2.24) is 4.90 Å². The Morgan fingerprint density at radius 3 is 2.62 bits per heavy atom. The maximum absolute atomic E-state index is 10.6. The molecule has 0 amide bonds. The highest BCUT2D eigenvalue weighted by Gasteiger charge is 2.31. The minimum atomic E-state index is -0.918. The van der Waals surface area contributed by atoms with Gasteiger partial charge in [-0.2, -0.15) is 0 Å². The first-order valence-electron chi connectivity index (χ1n) is 7.31. The van der Waals surface area contributed by atoms with E-state index in [1.54, 1.807) is 6.08 Å². The van der Waals surface area contributed by atoms with Gasteiger partial charge >= 0.3 is 5.97 Å². The number of benzene rings is 1. The van der Waals surface area contributed by atoms with Crippen LogP contribution in [0.2, 0.25) is 0 Å². The molecule has 114 valence electrons. The molecule has 1 aromatic carbocycles. The van der Waals surface area contributed by atoms with Gasteiger partial charge in [-0.15, -0.1) is 0 Å². The maximum atomic E-state index is 10.6. The van der Waals surface area contributed by atoms with Crippen LogP contribution in [0.5, 0.6) is 0 Å². The Morgan fingerprint density at radius 2 is 2.10 bits per heavy atom. The summed E-state index contributed by atoms with van der Waals surface area (Å²) < 4.78 is 0. The van der Waals surface area contributed by atoms with Crippen LogP contribution >= 0.6 is 0 Å². The molecule has 0 aliphatic carbocycles. The number of aliphatic carboxylic acids is 1. The minimum absolute atomic E-state index is 0.580. The van der Waals surface area contributed by atoms with Gasteiger partial charge in [0.25, 0.3) is 0 Å². The maximum Gasteiger partial charge on any atom is 0.328 e. The summed E-state index contributed by atoms with van der Waals surface area (Å²) in [5.74, 6) is -0.273. The van der Waals surface area contributed by atoms with Gasteiger partial charge in [0.1, 0.15) is 0 Å². The van der Waals surface area contributed by atoms with Crippen molar-refractivity contribution < 1.29 is 9.90 Å². The van der Waals surface area contributed by atoms with E-state index in [2.05, 4.69) is 43.8 Å². The van der Waals surface area contributed by atoms with E-state index in [-0.39, 0.29) is 0 Å². The summed E-state index contributed by atoms with van der Waals surface area (Å²) in [6.07, 6.45) is 2.81. The lowest BCUT2D eigenvalue weighted by Crippen LogP contribution is -2.34. The summed E-state index contributed by atoms with van der Waals surface area (Å²) >= 11 is 0. The number of carboxylic acid groups (broad SMARTS) is 1. The van der Waals surface area contributed by atoms with Gasteiger partial charge in [0, 0.05) is 30.9 Å². The Kier molecular flexibility index (Phi) is 4.68. The van der Waals surface area contributed by atoms with E-state index in [9.17, 15) is 4.79 Å². The Labute approximate surface area is 126 Å². The van der Waals surface area contributed by atoms with Gasteiger partial charge in [0.2, 0.25) is 0 Å². The lowest BCUT2D eigenvalue weighted by atomic mass is 10.1. The van der Waals surface area contributed by atoms with Crippen LogP contribution in [-0.4, -0.2) is 49.2 Å². The number of carboxylic acids is 1. The molecule has 0 bridgehead atoms. The molecular weight excluding hydrogens is 264 g/mol. The molecule has 2 unspecified atom stereocenters. The zero-order valence-electron chi connectivity index (χ0n) is 13.2. The molecule has 4 heteroatoms. The van der Waals surface area contributed by atoms with Crippen molar-refractivity contribution in [2.24, 2.45) is 5.92 Å². The molecule has 1 heterocycles. The molecule has 0 aromatic heterocycles. The third-order valence-corrected chi connectivity index (χ3v) is 4.22. The average Bonchev–Trinajstić information content (AvgIpc) is 2.78. The van der Waals surface area contributed by atoms with Crippen LogP contribution in [0.15, 0.2) is 24.3 Å². The second-order valence-corrected chi connectivity index (χ2v) is 6.13. The van der Waals surface area contributed by atoms with Crippen molar-refractivity contribution in [3.8, 4) is 0 Å². The summed E-state index contributed by atoms with van der Waals surface area (Å²) in [6.45, 7) is 6.48. The van der Waals surface area contributed by atoms with E-state index in [0.717, 1.165) is 18.7 Å². The van der Waals surface area contributed by atoms with Crippen molar-refractivity contribution in [1.29, 1.82) is 0 Å². The zero-order chi connectivity index (χ0) is 15.6. The van der Waals surface area contributed by atoms with Crippen molar-refractivity contribution in [2.75, 3.05) is 32.1 Å². The largest absolute Gasteiger partial charge is 0.478 e. The molecule has 2 rings (SSSR count). The van der Waals surface area contributed by atoms with Crippen LogP contribution < -0.4 is 4.90 Å². The number of carbonyl (C=O) groups is 1. The Morgan fingerprint density at radius 1 is 1.38 bits per heavy atom. The molecular formula is C17H24N2O2. The Balaban J connectivity index is 2.17. The normalized spacial score (nSPS) is 22.4. The van der Waals surface area contributed by atoms with E-state index in [4.69, 9.17) is 5.11 Å². The fourth-order valence-electron chi connectivity index (χ4n) is 3.12. The molecule has 4 nitrogen and oxygen atoms in total. The monoisotopic (exact) mass is 288 g/mol. The van der Waals surface area contributed by atoms with E-state index < -0.39 is 5.97 Å². The molecule has 2 atom stereocenters. The quantitative estimate of drug-likeness (QED) is 0.865. The standard InChI is InChI=1S/C17H24N2O2/c1-12-9-14(6-8-17(20)21)5-7-15(12)19-10-13(2)16(11-19)18(3)4/h5-9,13,16H,10-11H2,1-4H3,(H,20,21)/b8-6+.